The van der Waals surface area contributed by atoms with Crippen LogP contribution in [-0.4, -0.2) is 69.8 Å². The average Bonchev–Trinajstić information content (AvgIpc) is 3.04. The molecule has 2 heterocycles. The van der Waals surface area contributed by atoms with Gasteiger partial charge in [0.15, 0.2) is 0 Å². The third-order valence-corrected chi connectivity index (χ3v) is 12.0. The van der Waals surface area contributed by atoms with E-state index in [1.807, 2.05) is 37.3 Å². The number of amides is 2. The van der Waals surface area contributed by atoms with E-state index >= 15 is 0 Å². The van der Waals surface area contributed by atoms with Gasteiger partial charge < -0.3 is 19.3 Å². The molecule has 256 valence electrons. The summed E-state index contributed by atoms with van der Waals surface area (Å²) in [6.45, 7) is 5.39. The van der Waals surface area contributed by atoms with E-state index in [1.54, 1.807) is 44.1 Å². The number of halogens is 1. The molecule has 0 spiro atoms. The summed E-state index contributed by atoms with van der Waals surface area (Å²) in [6.07, 6.45) is 9.03. The summed E-state index contributed by atoms with van der Waals surface area (Å²) in [4.78, 5) is 30.1. The SMILES string of the molecule is CC[C@@H]1CC/C=C/[C@H](O[C@H](C)C(=O)N(C)C)[C@@H]2CC[C@H]2CN2CCCCc3cc(Cl)ccc3COc3ccc(cc32)C(=O)NS1(=O)=O. The summed E-state index contributed by atoms with van der Waals surface area (Å²) in [5.74, 6) is 0.366. The third kappa shape index (κ3) is 8.51. The Balaban J connectivity index is 1.53. The first-order valence-electron chi connectivity index (χ1n) is 16.8. The van der Waals surface area contributed by atoms with Crippen LogP contribution >= 0.6 is 11.6 Å². The molecule has 11 heteroatoms. The Kier molecular flexibility index (Phi) is 11.6. The van der Waals surface area contributed by atoms with Crippen LogP contribution in [0.3, 0.4) is 0 Å². The molecule has 0 unspecified atom stereocenters. The van der Waals surface area contributed by atoms with E-state index in [0.717, 1.165) is 55.5 Å². The van der Waals surface area contributed by atoms with E-state index in [-0.39, 0.29) is 29.4 Å². The summed E-state index contributed by atoms with van der Waals surface area (Å²) in [6, 6.07) is 11.1. The summed E-state index contributed by atoms with van der Waals surface area (Å²) < 4.78 is 42.0. The molecule has 5 rings (SSSR count). The highest BCUT2D eigenvalue weighted by atomic mass is 35.5. The van der Waals surface area contributed by atoms with Crippen LogP contribution in [0.1, 0.15) is 80.3 Å². The molecule has 1 aliphatic carbocycles. The molecular weight excluding hydrogens is 638 g/mol. The van der Waals surface area contributed by atoms with Crippen molar-refractivity contribution in [3.05, 3.63) is 70.3 Å². The first-order valence-corrected chi connectivity index (χ1v) is 18.8. The summed E-state index contributed by atoms with van der Waals surface area (Å²) in [7, 11) is -0.480. The molecule has 2 aliphatic heterocycles. The summed E-state index contributed by atoms with van der Waals surface area (Å²) in [5, 5.41) is -0.0354. The van der Waals surface area contributed by atoms with Crippen molar-refractivity contribution >= 4 is 39.1 Å². The van der Waals surface area contributed by atoms with Gasteiger partial charge in [0.25, 0.3) is 11.8 Å². The number of sulfonamides is 1. The van der Waals surface area contributed by atoms with Crippen LogP contribution in [0.4, 0.5) is 5.69 Å². The molecule has 0 radical (unpaired) electrons. The second-order valence-corrected chi connectivity index (χ2v) is 15.7. The number of benzene rings is 2. The maximum Gasteiger partial charge on any atom is 0.264 e. The van der Waals surface area contributed by atoms with Crippen LogP contribution < -0.4 is 14.4 Å². The van der Waals surface area contributed by atoms with Crippen molar-refractivity contribution in [3.63, 3.8) is 0 Å². The number of carbonyl (C=O) groups is 2. The van der Waals surface area contributed by atoms with Gasteiger partial charge in [-0.15, -0.1) is 0 Å². The number of hydrogen-bond acceptors (Lipinski definition) is 7. The highest BCUT2D eigenvalue weighted by Gasteiger charge is 2.39. The van der Waals surface area contributed by atoms with Gasteiger partial charge >= 0.3 is 0 Å². The van der Waals surface area contributed by atoms with Gasteiger partial charge in [-0.2, -0.15) is 0 Å². The molecule has 9 nitrogen and oxygen atoms in total. The Hall–Kier alpha value is -3.08. The number of nitrogens with one attached hydrogen (secondary N) is 1. The molecule has 0 saturated heterocycles. The number of likely N-dealkylation sites (N-methyl/N-ethyl adjacent to an activating group) is 1. The lowest BCUT2D eigenvalue weighted by molar-refractivity contribution is -0.146. The zero-order valence-electron chi connectivity index (χ0n) is 27.9. The fraction of sp³-hybridized carbons (Fsp3) is 0.556. The number of ether oxygens (including phenoxy) is 2. The number of rotatable bonds is 4. The van der Waals surface area contributed by atoms with Gasteiger partial charge in [-0.25, -0.2) is 13.1 Å². The van der Waals surface area contributed by atoms with E-state index in [2.05, 4.69) is 9.62 Å². The Bertz CT molecular complexity index is 1580. The lowest BCUT2D eigenvalue weighted by Gasteiger charge is -2.44. The number of carbonyl (C=O) groups excluding carboxylic acids is 2. The molecule has 47 heavy (non-hydrogen) atoms. The number of aryl methyl sites for hydroxylation is 1. The van der Waals surface area contributed by atoms with Crippen molar-refractivity contribution in [3.8, 4) is 5.75 Å². The molecule has 2 aromatic rings. The van der Waals surface area contributed by atoms with Gasteiger partial charge in [-0.3, -0.25) is 9.59 Å². The maximum absolute atomic E-state index is 13.5. The van der Waals surface area contributed by atoms with E-state index in [4.69, 9.17) is 21.1 Å². The van der Waals surface area contributed by atoms with Crippen LogP contribution in [0.25, 0.3) is 0 Å². The van der Waals surface area contributed by atoms with Gasteiger partial charge in [-0.1, -0.05) is 36.7 Å². The van der Waals surface area contributed by atoms with Crippen molar-refractivity contribution in [2.24, 2.45) is 11.8 Å². The predicted molar refractivity (Wildman–Crippen MR) is 185 cm³/mol. The fourth-order valence-corrected chi connectivity index (χ4v) is 8.55. The van der Waals surface area contributed by atoms with Crippen LogP contribution in [0.5, 0.6) is 5.75 Å². The van der Waals surface area contributed by atoms with Gasteiger partial charge in [-0.05, 0) is 112 Å². The van der Waals surface area contributed by atoms with Crippen LogP contribution in [0.15, 0.2) is 48.6 Å². The average molecular weight is 686 g/mol. The number of allylic oxidation sites excluding steroid dienone is 1. The van der Waals surface area contributed by atoms with Gasteiger partial charge in [0, 0.05) is 37.8 Å². The minimum atomic E-state index is -3.93. The molecule has 0 aromatic heterocycles. The topological polar surface area (TPSA) is 105 Å². The standard InChI is InChI=1S/C36H48ClN3O6S/c1-5-30-11-6-7-12-33(46-24(2)36(42)39(3)4)31-17-14-27(31)22-40-19-9-8-10-25-20-29(37)16-13-28(25)23-45-34-18-15-26(21-32(34)40)35(41)38-47(30,43)44/h7,12-13,15-16,18,20-21,24,27,30-31,33H,5-6,8-11,14,17,19,22-23H2,1-4H3,(H,38,41)/b12-7+/t24-,27+,30-,31-,33+/m1/s1. The van der Waals surface area contributed by atoms with Crippen molar-refractivity contribution in [1.82, 2.24) is 9.62 Å². The maximum atomic E-state index is 13.5. The van der Waals surface area contributed by atoms with Gasteiger partial charge in [0.1, 0.15) is 18.5 Å². The van der Waals surface area contributed by atoms with Gasteiger partial charge in [0.05, 0.1) is 17.0 Å². The molecular formula is C36H48ClN3O6S. The normalized spacial score (nSPS) is 26.1. The van der Waals surface area contributed by atoms with E-state index in [0.29, 0.717) is 43.2 Å². The minimum absolute atomic E-state index is 0.0951. The molecule has 3 aliphatic rings. The highest BCUT2D eigenvalue weighted by Crippen LogP contribution is 2.42. The van der Waals surface area contributed by atoms with Crippen molar-refractivity contribution in [1.29, 1.82) is 0 Å². The van der Waals surface area contributed by atoms with Crippen LogP contribution in [-0.2, 0) is 32.6 Å². The fourth-order valence-electron chi connectivity index (χ4n) is 6.93. The summed E-state index contributed by atoms with van der Waals surface area (Å²) in [5.41, 5.74) is 3.26. The van der Waals surface area contributed by atoms with E-state index < -0.39 is 27.3 Å². The van der Waals surface area contributed by atoms with Crippen LogP contribution in [0.2, 0.25) is 5.02 Å². The first kappa shape index (κ1) is 35.2. The summed E-state index contributed by atoms with van der Waals surface area (Å²) >= 11 is 6.35. The zero-order chi connectivity index (χ0) is 33.7. The zero-order valence-corrected chi connectivity index (χ0v) is 29.5. The van der Waals surface area contributed by atoms with Crippen molar-refractivity contribution in [2.45, 2.75) is 89.3 Å². The Morgan fingerprint density at radius 2 is 1.94 bits per heavy atom. The Morgan fingerprint density at radius 1 is 1.13 bits per heavy atom. The van der Waals surface area contributed by atoms with Crippen molar-refractivity contribution < 1.29 is 27.5 Å². The molecule has 2 aromatic carbocycles. The number of hydrogen-bond donors (Lipinski definition) is 1. The third-order valence-electron chi connectivity index (χ3n) is 9.85. The minimum Gasteiger partial charge on any atom is -0.487 e. The van der Waals surface area contributed by atoms with Gasteiger partial charge in [0.2, 0.25) is 10.0 Å². The van der Waals surface area contributed by atoms with E-state index in [1.165, 1.54) is 0 Å². The monoisotopic (exact) mass is 685 g/mol. The smallest absolute Gasteiger partial charge is 0.264 e. The number of fused-ring (bicyclic) bond motifs is 3. The van der Waals surface area contributed by atoms with Crippen molar-refractivity contribution in [2.75, 3.05) is 32.1 Å². The highest BCUT2D eigenvalue weighted by molar-refractivity contribution is 7.90. The number of nitrogens with zero attached hydrogens (tertiary/aromatic N) is 2. The second-order valence-electron chi connectivity index (χ2n) is 13.3. The number of anilines is 1. The lowest BCUT2D eigenvalue weighted by Crippen LogP contribution is -2.46. The molecule has 1 saturated carbocycles. The molecule has 1 fully saturated rings. The quantitative estimate of drug-likeness (QED) is 0.386. The Labute approximate surface area is 284 Å². The van der Waals surface area contributed by atoms with E-state index in [9.17, 15) is 18.0 Å². The predicted octanol–water partition coefficient (Wildman–Crippen LogP) is 6.14. The molecule has 2 amide bonds. The molecule has 1 N–H and O–H groups in total. The lowest BCUT2D eigenvalue weighted by atomic mass is 9.70. The van der Waals surface area contributed by atoms with Crippen LogP contribution in [0, 0.1) is 11.8 Å². The Morgan fingerprint density at radius 3 is 2.66 bits per heavy atom. The molecule has 5 atom stereocenters. The largest absolute Gasteiger partial charge is 0.487 e. The first-order chi connectivity index (χ1) is 22.5. The molecule has 2 bridgehead atoms. The second kappa shape index (κ2) is 15.4.